The number of hydrogen-bond acceptors (Lipinski definition) is 2. The van der Waals surface area contributed by atoms with Gasteiger partial charge in [-0.05, 0) is 68.1 Å². The zero-order valence-corrected chi connectivity index (χ0v) is 22.7. The Morgan fingerprint density at radius 3 is 1.69 bits per heavy atom. The van der Waals surface area contributed by atoms with Gasteiger partial charge in [-0.1, -0.05) is 121 Å². The van der Waals surface area contributed by atoms with Crippen molar-refractivity contribution in [2.24, 2.45) is 0 Å². The van der Waals surface area contributed by atoms with Crippen molar-refractivity contribution in [3.05, 3.63) is 146 Å². The van der Waals surface area contributed by atoms with Crippen LogP contribution in [0.1, 0.15) is 0 Å². The standard InChI is InChI=1S/C39H24N2O/c1-2-11-25(12-3-1)26-21-23-27(24-22-26)36-28-13-4-6-15-30(28)37(31-16-7-5-14-29(31)36)39-40-32-17-10-20-35-38(32)41(39)33-18-8-9-19-34(33)42-35/h1-24H. The molecule has 9 rings (SSSR count). The number of ether oxygens (including phenoxy) is 1. The van der Waals surface area contributed by atoms with E-state index >= 15 is 0 Å². The van der Waals surface area contributed by atoms with E-state index < -0.39 is 0 Å². The molecule has 8 aromatic rings. The molecule has 0 bridgehead atoms. The van der Waals surface area contributed by atoms with Gasteiger partial charge in [0.25, 0.3) is 0 Å². The first-order chi connectivity index (χ1) is 20.8. The Hall–Kier alpha value is -5.67. The number of benzene rings is 7. The zero-order chi connectivity index (χ0) is 27.6. The van der Waals surface area contributed by atoms with Crippen LogP contribution in [0.25, 0.3) is 71.9 Å². The molecule has 0 radical (unpaired) electrons. The fourth-order valence-electron chi connectivity index (χ4n) is 6.57. The smallest absolute Gasteiger partial charge is 0.153 e. The lowest BCUT2D eigenvalue weighted by Gasteiger charge is -2.22. The third-order valence-electron chi connectivity index (χ3n) is 8.40. The predicted molar refractivity (Wildman–Crippen MR) is 172 cm³/mol. The van der Waals surface area contributed by atoms with Crippen LogP contribution in [0.3, 0.4) is 0 Å². The van der Waals surface area contributed by atoms with E-state index in [1.54, 1.807) is 0 Å². The average Bonchev–Trinajstić information content (AvgIpc) is 3.45. The molecule has 7 aromatic carbocycles. The van der Waals surface area contributed by atoms with Crippen LogP contribution in [0.4, 0.5) is 0 Å². The van der Waals surface area contributed by atoms with Gasteiger partial charge in [-0.2, -0.15) is 0 Å². The molecule has 196 valence electrons. The van der Waals surface area contributed by atoms with Crippen LogP contribution in [0.15, 0.2) is 146 Å². The molecule has 0 unspecified atom stereocenters. The Balaban J connectivity index is 1.36. The third-order valence-corrected chi connectivity index (χ3v) is 8.40. The van der Waals surface area contributed by atoms with Gasteiger partial charge in [0.1, 0.15) is 11.3 Å². The minimum Gasteiger partial charge on any atom is -0.453 e. The molecule has 3 heteroatoms. The topological polar surface area (TPSA) is 27.1 Å². The van der Waals surface area contributed by atoms with Crippen LogP contribution in [0.5, 0.6) is 11.5 Å². The monoisotopic (exact) mass is 536 g/mol. The highest BCUT2D eigenvalue weighted by Crippen LogP contribution is 2.48. The molecule has 0 amide bonds. The summed E-state index contributed by atoms with van der Waals surface area (Å²) in [5.74, 6) is 2.58. The van der Waals surface area contributed by atoms with E-state index in [1.165, 1.54) is 43.8 Å². The Kier molecular flexibility index (Phi) is 4.90. The second kappa shape index (κ2) is 8.92. The maximum atomic E-state index is 6.33. The molecule has 3 nitrogen and oxygen atoms in total. The fraction of sp³-hybridized carbons (Fsp3) is 0. The quantitative estimate of drug-likeness (QED) is 0.210. The van der Waals surface area contributed by atoms with Crippen molar-refractivity contribution < 1.29 is 4.74 Å². The van der Waals surface area contributed by atoms with Gasteiger partial charge >= 0.3 is 0 Å². The highest BCUT2D eigenvalue weighted by Gasteiger charge is 2.27. The Bertz CT molecular complexity index is 2260. The summed E-state index contributed by atoms with van der Waals surface area (Å²) in [5, 5.41) is 4.77. The number of para-hydroxylation sites is 3. The van der Waals surface area contributed by atoms with Crippen LogP contribution in [0, 0.1) is 0 Å². The van der Waals surface area contributed by atoms with Crippen LogP contribution >= 0.6 is 0 Å². The van der Waals surface area contributed by atoms with Crippen molar-refractivity contribution in [3.8, 4) is 50.8 Å². The molecular formula is C39H24N2O. The maximum Gasteiger partial charge on any atom is 0.153 e. The maximum absolute atomic E-state index is 6.33. The summed E-state index contributed by atoms with van der Waals surface area (Å²) < 4.78 is 8.62. The van der Waals surface area contributed by atoms with E-state index in [9.17, 15) is 0 Å². The minimum atomic E-state index is 0.827. The molecular weight excluding hydrogens is 512 g/mol. The summed E-state index contributed by atoms with van der Waals surface area (Å²) >= 11 is 0. The van der Waals surface area contributed by atoms with Gasteiger partial charge in [-0.25, -0.2) is 4.98 Å². The summed E-state index contributed by atoms with van der Waals surface area (Å²) in [6.07, 6.45) is 0. The highest BCUT2D eigenvalue weighted by molar-refractivity contribution is 6.21. The summed E-state index contributed by atoms with van der Waals surface area (Å²) in [5.41, 5.74) is 8.92. The highest BCUT2D eigenvalue weighted by atomic mass is 16.5. The van der Waals surface area contributed by atoms with E-state index in [0.717, 1.165) is 39.6 Å². The first kappa shape index (κ1) is 23.1. The van der Waals surface area contributed by atoms with Crippen molar-refractivity contribution >= 4 is 32.6 Å². The largest absolute Gasteiger partial charge is 0.453 e. The van der Waals surface area contributed by atoms with Gasteiger partial charge in [0.15, 0.2) is 11.5 Å². The number of rotatable bonds is 3. The number of aromatic nitrogens is 2. The Morgan fingerprint density at radius 1 is 0.429 bits per heavy atom. The van der Waals surface area contributed by atoms with Crippen molar-refractivity contribution in [2.75, 3.05) is 0 Å². The summed E-state index contributed by atoms with van der Waals surface area (Å²) in [6, 6.07) is 51.3. The second-order valence-corrected chi connectivity index (χ2v) is 10.7. The number of nitrogens with zero attached hydrogens (tertiary/aromatic N) is 2. The van der Waals surface area contributed by atoms with Crippen LogP contribution in [-0.4, -0.2) is 9.55 Å². The van der Waals surface area contributed by atoms with Crippen molar-refractivity contribution in [2.45, 2.75) is 0 Å². The van der Waals surface area contributed by atoms with Gasteiger partial charge in [0.05, 0.1) is 11.2 Å². The predicted octanol–water partition coefficient (Wildman–Crippen LogP) is 10.4. The second-order valence-electron chi connectivity index (χ2n) is 10.7. The van der Waals surface area contributed by atoms with Crippen molar-refractivity contribution in [1.29, 1.82) is 0 Å². The van der Waals surface area contributed by atoms with E-state index in [-0.39, 0.29) is 0 Å². The van der Waals surface area contributed by atoms with Crippen molar-refractivity contribution in [3.63, 3.8) is 0 Å². The van der Waals surface area contributed by atoms with E-state index in [1.807, 2.05) is 24.3 Å². The zero-order valence-electron chi connectivity index (χ0n) is 22.7. The molecule has 42 heavy (non-hydrogen) atoms. The molecule has 0 fully saturated rings. The van der Waals surface area contributed by atoms with Gasteiger partial charge in [-0.3, -0.25) is 4.57 Å². The lowest BCUT2D eigenvalue weighted by molar-refractivity contribution is 0.476. The van der Waals surface area contributed by atoms with Gasteiger partial charge in [0.2, 0.25) is 0 Å². The van der Waals surface area contributed by atoms with Gasteiger partial charge in [0, 0.05) is 5.56 Å². The molecule has 0 saturated heterocycles. The van der Waals surface area contributed by atoms with Crippen LogP contribution < -0.4 is 4.74 Å². The van der Waals surface area contributed by atoms with E-state index in [2.05, 4.69) is 126 Å². The number of fused-ring (bicyclic) bond motifs is 4. The van der Waals surface area contributed by atoms with E-state index in [4.69, 9.17) is 9.72 Å². The van der Waals surface area contributed by atoms with Gasteiger partial charge in [-0.15, -0.1) is 0 Å². The Morgan fingerprint density at radius 2 is 0.976 bits per heavy atom. The summed E-state index contributed by atoms with van der Waals surface area (Å²) in [7, 11) is 0. The molecule has 0 atom stereocenters. The molecule has 2 heterocycles. The lowest BCUT2D eigenvalue weighted by atomic mass is 9.87. The molecule has 0 saturated carbocycles. The first-order valence-corrected chi connectivity index (χ1v) is 14.2. The normalized spacial score (nSPS) is 12.0. The first-order valence-electron chi connectivity index (χ1n) is 14.2. The number of hydrogen-bond donors (Lipinski definition) is 0. The Labute approximate surface area is 242 Å². The third kappa shape index (κ3) is 3.31. The molecule has 0 aliphatic carbocycles. The van der Waals surface area contributed by atoms with Crippen LogP contribution in [-0.2, 0) is 0 Å². The summed E-state index contributed by atoms with van der Waals surface area (Å²) in [6.45, 7) is 0. The molecule has 0 spiro atoms. The minimum absolute atomic E-state index is 0.827. The molecule has 1 aromatic heterocycles. The lowest BCUT2D eigenvalue weighted by Crippen LogP contribution is -2.06. The van der Waals surface area contributed by atoms with Crippen LogP contribution in [0.2, 0.25) is 0 Å². The fourth-order valence-corrected chi connectivity index (χ4v) is 6.57. The average molecular weight is 537 g/mol. The van der Waals surface area contributed by atoms with Gasteiger partial charge < -0.3 is 4.74 Å². The SMILES string of the molecule is c1ccc(-c2ccc(-c3c4ccccc4c(-c4nc5cccc6c5n4-c4ccccc4O6)c4ccccc34)cc2)cc1. The number of imidazole rings is 1. The molecule has 1 aliphatic heterocycles. The summed E-state index contributed by atoms with van der Waals surface area (Å²) in [4.78, 5) is 5.28. The molecule has 1 aliphatic rings. The van der Waals surface area contributed by atoms with E-state index in [0.29, 0.717) is 0 Å². The molecule has 0 N–H and O–H groups in total. The van der Waals surface area contributed by atoms with Crippen molar-refractivity contribution in [1.82, 2.24) is 9.55 Å².